The van der Waals surface area contributed by atoms with Gasteiger partial charge < -0.3 is 0 Å². The van der Waals surface area contributed by atoms with Gasteiger partial charge in [-0.1, -0.05) is 13.3 Å². The Morgan fingerprint density at radius 2 is 2.05 bits per heavy atom. The van der Waals surface area contributed by atoms with Crippen molar-refractivity contribution in [1.82, 2.24) is 4.90 Å². The second-order valence-electron chi connectivity index (χ2n) is 5.26. The number of hydrogen-bond donors (Lipinski definition) is 0. The van der Waals surface area contributed by atoms with Gasteiger partial charge in [0.15, 0.2) is 5.78 Å². The van der Waals surface area contributed by atoms with Gasteiger partial charge in [0.1, 0.15) is 0 Å². The summed E-state index contributed by atoms with van der Waals surface area (Å²) < 4.78 is 0. The molecule has 0 radical (unpaired) electrons. The van der Waals surface area contributed by atoms with Crippen LogP contribution in [0.1, 0.15) is 43.0 Å². The zero-order chi connectivity index (χ0) is 14.5. The van der Waals surface area contributed by atoms with Crippen LogP contribution in [0.25, 0.3) is 0 Å². The lowest BCUT2D eigenvalue weighted by atomic mass is 9.99. The highest BCUT2D eigenvalue weighted by Crippen LogP contribution is 2.20. The van der Waals surface area contributed by atoms with E-state index in [-0.39, 0.29) is 11.5 Å². The maximum atomic E-state index is 12.2. The van der Waals surface area contributed by atoms with E-state index in [0.29, 0.717) is 18.2 Å². The Kier molecular flexibility index (Phi) is 4.84. The molecule has 1 aliphatic rings. The van der Waals surface area contributed by atoms with Crippen LogP contribution in [-0.2, 0) is 0 Å². The van der Waals surface area contributed by atoms with Gasteiger partial charge in [0.2, 0.25) is 0 Å². The minimum Gasteiger partial charge on any atom is -0.293 e. The van der Waals surface area contributed by atoms with Gasteiger partial charge in [-0.05, 0) is 37.9 Å². The molecule has 1 saturated heterocycles. The lowest BCUT2D eigenvalue weighted by Gasteiger charge is -2.34. The van der Waals surface area contributed by atoms with Crippen LogP contribution in [0.3, 0.4) is 0 Å². The first kappa shape index (κ1) is 14.7. The summed E-state index contributed by atoms with van der Waals surface area (Å²) in [6.07, 6.45) is 4.60. The highest BCUT2D eigenvalue weighted by atomic mass is 16.6. The number of Topliss-reactive ketones (excluding diaryl/α,β-unsaturated/α-hetero) is 1. The van der Waals surface area contributed by atoms with E-state index < -0.39 is 4.92 Å². The van der Waals surface area contributed by atoms with Crippen molar-refractivity contribution < 1.29 is 9.72 Å². The summed E-state index contributed by atoms with van der Waals surface area (Å²) in [5, 5.41) is 10.6. The van der Waals surface area contributed by atoms with Gasteiger partial charge in [-0.2, -0.15) is 0 Å². The molecule has 1 unspecified atom stereocenters. The summed E-state index contributed by atoms with van der Waals surface area (Å²) in [4.78, 5) is 24.6. The molecule has 1 fully saturated rings. The van der Waals surface area contributed by atoms with Crippen molar-refractivity contribution >= 4 is 11.5 Å². The molecule has 0 aliphatic carbocycles. The maximum absolute atomic E-state index is 12.2. The third-order valence-electron chi connectivity index (χ3n) is 3.97. The summed E-state index contributed by atoms with van der Waals surface area (Å²) in [5.41, 5.74) is 0.571. The Bertz CT molecular complexity index is 484. The van der Waals surface area contributed by atoms with Crippen LogP contribution < -0.4 is 0 Å². The van der Waals surface area contributed by atoms with Gasteiger partial charge in [0.05, 0.1) is 11.5 Å². The number of rotatable bonds is 5. The first-order valence-electron chi connectivity index (χ1n) is 7.13. The topological polar surface area (TPSA) is 63.5 Å². The standard InChI is InChI=1S/C15H20N2O3/c1-2-13-5-3-4-10-16(13)11-15(18)12-6-8-14(9-7-12)17(19)20/h6-9,13H,2-5,10-11H2,1H3. The van der Waals surface area contributed by atoms with Gasteiger partial charge in [-0.3, -0.25) is 19.8 Å². The Labute approximate surface area is 118 Å². The predicted octanol–water partition coefficient (Wildman–Crippen LogP) is 3.04. The van der Waals surface area contributed by atoms with Crippen molar-refractivity contribution in [3.63, 3.8) is 0 Å². The predicted molar refractivity (Wildman–Crippen MR) is 76.9 cm³/mol. The Morgan fingerprint density at radius 3 is 2.65 bits per heavy atom. The van der Waals surface area contributed by atoms with Crippen LogP contribution in [-0.4, -0.2) is 34.7 Å². The number of nitrogens with zero attached hydrogens (tertiary/aromatic N) is 2. The average molecular weight is 276 g/mol. The minimum atomic E-state index is -0.452. The molecule has 1 heterocycles. The number of ketones is 1. The molecule has 1 aromatic rings. The molecule has 108 valence electrons. The van der Waals surface area contributed by atoms with Crippen LogP contribution in [0.5, 0.6) is 0 Å². The van der Waals surface area contributed by atoms with Gasteiger partial charge >= 0.3 is 0 Å². The number of benzene rings is 1. The fourth-order valence-corrected chi connectivity index (χ4v) is 2.78. The fourth-order valence-electron chi connectivity index (χ4n) is 2.78. The first-order valence-corrected chi connectivity index (χ1v) is 7.13. The van der Waals surface area contributed by atoms with E-state index in [1.807, 2.05) is 0 Å². The Hall–Kier alpha value is -1.75. The lowest BCUT2D eigenvalue weighted by molar-refractivity contribution is -0.384. The number of nitro benzene ring substituents is 1. The van der Waals surface area contributed by atoms with Crippen LogP contribution in [0.15, 0.2) is 24.3 Å². The van der Waals surface area contributed by atoms with Crippen molar-refractivity contribution in [2.24, 2.45) is 0 Å². The lowest BCUT2D eigenvalue weighted by Crippen LogP contribution is -2.42. The van der Waals surface area contributed by atoms with E-state index in [0.717, 1.165) is 25.8 Å². The van der Waals surface area contributed by atoms with Crippen LogP contribution >= 0.6 is 0 Å². The molecular formula is C15H20N2O3. The summed E-state index contributed by atoms with van der Waals surface area (Å²) in [7, 11) is 0. The molecule has 5 heteroatoms. The fraction of sp³-hybridized carbons (Fsp3) is 0.533. The van der Waals surface area contributed by atoms with Crippen molar-refractivity contribution in [3.05, 3.63) is 39.9 Å². The number of nitro groups is 1. The molecule has 0 N–H and O–H groups in total. The molecule has 20 heavy (non-hydrogen) atoms. The molecule has 1 atom stereocenters. The first-order chi connectivity index (χ1) is 9.61. The van der Waals surface area contributed by atoms with Crippen LogP contribution in [0.4, 0.5) is 5.69 Å². The quantitative estimate of drug-likeness (QED) is 0.471. The minimum absolute atomic E-state index is 0.0194. The SMILES string of the molecule is CCC1CCCCN1CC(=O)c1ccc([N+](=O)[O-])cc1. The molecule has 5 nitrogen and oxygen atoms in total. The van der Waals surface area contributed by atoms with E-state index in [1.165, 1.54) is 18.6 Å². The monoisotopic (exact) mass is 276 g/mol. The third kappa shape index (κ3) is 3.42. The molecule has 2 rings (SSSR count). The summed E-state index contributed by atoms with van der Waals surface area (Å²) >= 11 is 0. The zero-order valence-electron chi connectivity index (χ0n) is 11.7. The van der Waals surface area contributed by atoms with Gasteiger partial charge in [0, 0.05) is 23.7 Å². The van der Waals surface area contributed by atoms with Crippen molar-refractivity contribution in [2.75, 3.05) is 13.1 Å². The summed E-state index contributed by atoms with van der Waals surface area (Å²) in [5.74, 6) is 0.0419. The molecular weight excluding hydrogens is 256 g/mol. The van der Waals surface area contributed by atoms with Crippen LogP contribution in [0, 0.1) is 10.1 Å². The highest BCUT2D eigenvalue weighted by Gasteiger charge is 2.23. The number of carbonyl (C=O) groups is 1. The van der Waals surface area contributed by atoms with E-state index in [9.17, 15) is 14.9 Å². The number of non-ortho nitro benzene ring substituents is 1. The number of hydrogen-bond acceptors (Lipinski definition) is 4. The Balaban J connectivity index is 2.01. The third-order valence-corrected chi connectivity index (χ3v) is 3.97. The number of carbonyl (C=O) groups excluding carboxylic acids is 1. The van der Waals surface area contributed by atoms with Gasteiger partial charge in [0.25, 0.3) is 5.69 Å². The number of likely N-dealkylation sites (tertiary alicyclic amines) is 1. The largest absolute Gasteiger partial charge is 0.293 e. The highest BCUT2D eigenvalue weighted by molar-refractivity contribution is 5.97. The number of piperidine rings is 1. The van der Waals surface area contributed by atoms with Crippen molar-refractivity contribution in [2.45, 2.75) is 38.6 Å². The normalized spacial score (nSPS) is 19.8. The van der Waals surface area contributed by atoms with Gasteiger partial charge in [-0.15, -0.1) is 0 Å². The van der Waals surface area contributed by atoms with E-state index >= 15 is 0 Å². The molecule has 0 aromatic heterocycles. The molecule has 0 saturated carbocycles. The smallest absolute Gasteiger partial charge is 0.269 e. The second-order valence-corrected chi connectivity index (χ2v) is 5.26. The van der Waals surface area contributed by atoms with Crippen molar-refractivity contribution in [1.29, 1.82) is 0 Å². The second kappa shape index (κ2) is 6.61. The molecule has 0 spiro atoms. The van der Waals surface area contributed by atoms with Crippen molar-refractivity contribution in [3.8, 4) is 0 Å². The van der Waals surface area contributed by atoms with E-state index in [2.05, 4.69) is 11.8 Å². The maximum Gasteiger partial charge on any atom is 0.269 e. The summed E-state index contributed by atoms with van der Waals surface area (Å²) in [6.45, 7) is 3.53. The molecule has 1 aliphatic heterocycles. The molecule has 0 bridgehead atoms. The molecule has 0 amide bonds. The Morgan fingerprint density at radius 1 is 1.35 bits per heavy atom. The van der Waals surface area contributed by atoms with E-state index in [4.69, 9.17) is 0 Å². The van der Waals surface area contributed by atoms with E-state index in [1.54, 1.807) is 12.1 Å². The summed E-state index contributed by atoms with van der Waals surface area (Å²) in [6, 6.07) is 6.36. The average Bonchev–Trinajstić information content (AvgIpc) is 2.48. The zero-order valence-corrected chi connectivity index (χ0v) is 11.7. The van der Waals surface area contributed by atoms with Gasteiger partial charge in [-0.25, -0.2) is 0 Å². The van der Waals surface area contributed by atoms with Crippen LogP contribution in [0.2, 0.25) is 0 Å². The molecule has 1 aromatic carbocycles.